The van der Waals surface area contributed by atoms with Crippen LogP contribution in [0.3, 0.4) is 0 Å². The van der Waals surface area contributed by atoms with Gasteiger partial charge in [0.25, 0.3) is 0 Å². The van der Waals surface area contributed by atoms with Crippen LogP contribution >= 0.6 is 0 Å². The second kappa shape index (κ2) is 8.78. The molecule has 0 saturated heterocycles. The highest BCUT2D eigenvalue weighted by molar-refractivity contribution is 6.10. The third kappa shape index (κ3) is 3.47. The smallest absolute Gasteiger partial charge is 0.245 e. The van der Waals surface area contributed by atoms with Crippen molar-refractivity contribution < 1.29 is 4.42 Å². The molecule has 190 valence electrons. The maximum atomic E-state index is 5.48. The molecule has 0 saturated carbocycles. The van der Waals surface area contributed by atoms with Gasteiger partial charge in [0, 0.05) is 34.6 Å². The molecular formula is C34H23N5O. The molecule has 0 bridgehead atoms. The molecule has 8 aromatic rings. The van der Waals surface area contributed by atoms with E-state index in [0.29, 0.717) is 11.6 Å². The molecule has 4 heterocycles. The number of rotatable bonds is 4. The summed E-state index contributed by atoms with van der Waals surface area (Å²) in [4.78, 5) is 14.1. The highest BCUT2D eigenvalue weighted by atomic mass is 16.3. The number of hydrogen-bond acceptors (Lipinski definition) is 4. The van der Waals surface area contributed by atoms with Crippen LogP contribution in [0.1, 0.15) is 0 Å². The predicted molar refractivity (Wildman–Crippen MR) is 159 cm³/mol. The first-order chi connectivity index (χ1) is 19.7. The van der Waals surface area contributed by atoms with Crippen molar-refractivity contribution in [1.29, 1.82) is 0 Å². The minimum Gasteiger partial charge on any atom is -0.443 e. The fraction of sp³-hybridized carbons (Fsp3) is 0.0294. The number of nitrogens with zero attached hydrogens (tertiary/aromatic N) is 5. The molecule has 6 nitrogen and oxygen atoms in total. The lowest BCUT2D eigenvalue weighted by molar-refractivity contribution is 0.572. The van der Waals surface area contributed by atoms with E-state index < -0.39 is 0 Å². The highest BCUT2D eigenvalue weighted by Crippen LogP contribution is 2.36. The molecule has 0 aliphatic rings. The van der Waals surface area contributed by atoms with Crippen molar-refractivity contribution in [3.8, 4) is 39.9 Å². The summed E-state index contributed by atoms with van der Waals surface area (Å²) >= 11 is 0. The van der Waals surface area contributed by atoms with E-state index in [-0.39, 0.29) is 0 Å². The van der Waals surface area contributed by atoms with Crippen molar-refractivity contribution in [3.05, 3.63) is 122 Å². The van der Waals surface area contributed by atoms with Gasteiger partial charge in [-0.25, -0.2) is 15.0 Å². The van der Waals surface area contributed by atoms with E-state index in [4.69, 9.17) is 14.4 Å². The summed E-state index contributed by atoms with van der Waals surface area (Å²) in [7, 11) is 2.08. The molecule has 0 N–H and O–H groups in total. The first-order valence-electron chi connectivity index (χ1n) is 13.2. The van der Waals surface area contributed by atoms with E-state index in [1.807, 2.05) is 24.3 Å². The number of pyridine rings is 1. The SMILES string of the molecule is Cn1c(-c2ccc3c4ccccc4n(-c4cccc(-c5cccc(-c6ncco6)n5)c4)c3c2)nc2ccccc21. The summed E-state index contributed by atoms with van der Waals surface area (Å²) in [6.45, 7) is 0. The molecule has 0 atom stereocenters. The monoisotopic (exact) mass is 517 g/mol. The fourth-order valence-corrected chi connectivity index (χ4v) is 5.66. The number of para-hydroxylation sites is 3. The quantitative estimate of drug-likeness (QED) is 0.237. The van der Waals surface area contributed by atoms with Gasteiger partial charge in [-0.05, 0) is 48.5 Å². The topological polar surface area (TPSA) is 61.7 Å². The van der Waals surface area contributed by atoms with E-state index in [2.05, 4.69) is 106 Å². The Bertz CT molecular complexity index is 2190. The lowest BCUT2D eigenvalue weighted by Crippen LogP contribution is -1.96. The number of fused-ring (bicyclic) bond motifs is 4. The average Bonchev–Trinajstić information content (AvgIpc) is 3.74. The van der Waals surface area contributed by atoms with Gasteiger partial charge in [0.1, 0.15) is 17.8 Å². The molecule has 8 rings (SSSR count). The van der Waals surface area contributed by atoms with Gasteiger partial charge in [0.2, 0.25) is 5.89 Å². The van der Waals surface area contributed by atoms with Gasteiger partial charge in [-0.15, -0.1) is 0 Å². The number of oxazole rings is 1. The molecule has 0 aliphatic carbocycles. The zero-order chi connectivity index (χ0) is 26.6. The maximum Gasteiger partial charge on any atom is 0.245 e. The largest absolute Gasteiger partial charge is 0.443 e. The van der Waals surface area contributed by atoms with Crippen LogP contribution in [0.25, 0.3) is 72.8 Å². The Labute approximate surface area is 229 Å². The molecule has 40 heavy (non-hydrogen) atoms. The van der Waals surface area contributed by atoms with Crippen LogP contribution in [0.4, 0.5) is 0 Å². The van der Waals surface area contributed by atoms with Crippen molar-refractivity contribution in [2.24, 2.45) is 7.05 Å². The average molecular weight is 518 g/mol. The van der Waals surface area contributed by atoms with E-state index in [1.54, 1.807) is 12.5 Å². The zero-order valence-corrected chi connectivity index (χ0v) is 21.7. The Kier molecular flexibility index (Phi) is 4.94. The molecule has 4 aromatic heterocycles. The summed E-state index contributed by atoms with van der Waals surface area (Å²) < 4.78 is 9.98. The molecule has 0 aliphatic heterocycles. The van der Waals surface area contributed by atoms with Crippen LogP contribution in [0.15, 0.2) is 126 Å². The van der Waals surface area contributed by atoms with E-state index >= 15 is 0 Å². The van der Waals surface area contributed by atoms with Gasteiger partial charge in [0.15, 0.2) is 0 Å². The summed E-state index contributed by atoms with van der Waals surface area (Å²) in [6, 6.07) is 37.9. The summed E-state index contributed by atoms with van der Waals surface area (Å²) in [5.41, 5.74) is 9.11. The third-order valence-electron chi connectivity index (χ3n) is 7.52. The second-order valence-corrected chi connectivity index (χ2v) is 9.86. The molecule has 0 amide bonds. The maximum absolute atomic E-state index is 5.48. The normalized spacial score (nSPS) is 11.6. The Balaban J connectivity index is 1.32. The Morgan fingerprint density at radius 1 is 0.625 bits per heavy atom. The van der Waals surface area contributed by atoms with Gasteiger partial charge in [-0.1, -0.05) is 60.7 Å². The number of hydrogen-bond donors (Lipinski definition) is 0. The predicted octanol–water partition coefficient (Wildman–Crippen LogP) is 8.05. The number of benzene rings is 4. The van der Waals surface area contributed by atoms with Crippen molar-refractivity contribution in [1.82, 2.24) is 24.1 Å². The minimum atomic E-state index is 0.509. The van der Waals surface area contributed by atoms with Crippen molar-refractivity contribution in [2.45, 2.75) is 0 Å². The van der Waals surface area contributed by atoms with Crippen molar-refractivity contribution in [2.75, 3.05) is 0 Å². The Hall–Kier alpha value is -5.49. The summed E-state index contributed by atoms with van der Waals surface area (Å²) in [6.07, 6.45) is 3.20. The Morgan fingerprint density at radius 3 is 2.30 bits per heavy atom. The highest BCUT2D eigenvalue weighted by Gasteiger charge is 2.16. The number of imidazole rings is 1. The zero-order valence-electron chi connectivity index (χ0n) is 21.7. The molecule has 4 aromatic carbocycles. The lowest BCUT2D eigenvalue weighted by Gasteiger charge is -2.11. The second-order valence-electron chi connectivity index (χ2n) is 9.86. The van der Waals surface area contributed by atoms with Crippen LogP contribution in [0.5, 0.6) is 0 Å². The summed E-state index contributed by atoms with van der Waals surface area (Å²) in [5.74, 6) is 1.45. The molecule has 0 spiro atoms. The van der Waals surface area contributed by atoms with Gasteiger partial charge < -0.3 is 13.6 Å². The van der Waals surface area contributed by atoms with Crippen molar-refractivity contribution >= 4 is 32.8 Å². The van der Waals surface area contributed by atoms with E-state index in [9.17, 15) is 0 Å². The Morgan fingerprint density at radius 2 is 1.43 bits per heavy atom. The fourth-order valence-electron chi connectivity index (χ4n) is 5.66. The van der Waals surface area contributed by atoms with Gasteiger partial charge in [0.05, 0.1) is 34.0 Å². The van der Waals surface area contributed by atoms with E-state index in [0.717, 1.165) is 50.4 Å². The van der Waals surface area contributed by atoms with Crippen LogP contribution in [-0.2, 0) is 7.05 Å². The summed E-state index contributed by atoms with van der Waals surface area (Å²) in [5, 5.41) is 2.41. The third-order valence-corrected chi connectivity index (χ3v) is 7.52. The van der Waals surface area contributed by atoms with Crippen LogP contribution in [0.2, 0.25) is 0 Å². The van der Waals surface area contributed by atoms with Crippen LogP contribution in [-0.4, -0.2) is 24.1 Å². The molecule has 0 unspecified atom stereocenters. The van der Waals surface area contributed by atoms with Gasteiger partial charge in [-0.3, -0.25) is 0 Å². The number of aromatic nitrogens is 5. The molecule has 6 heteroatoms. The van der Waals surface area contributed by atoms with E-state index in [1.165, 1.54) is 10.8 Å². The molecule has 0 fully saturated rings. The van der Waals surface area contributed by atoms with Crippen molar-refractivity contribution in [3.63, 3.8) is 0 Å². The number of aryl methyl sites for hydroxylation is 1. The van der Waals surface area contributed by atoms with Gasteiger partial charge in [-0.2, -0.15) is 0 Å². The van der Waals surface area contributed by atoms with Crippen LogP contribution < -0.4 is 0 Å². The minimum absolute atomic E-state index is 0.509. The molecular weight excluding hydrogens is 494 g/mol. The van der Waals surface area contributed by atoms with Gasteiger partial charge >= 0.3 is 0 Å². The van der Waals surface area contributed by atoms with Crippen LogP contribution in [0, 0.1) is 0 Å². The first-order valence-corrected chi connectivity index (χ1v) is 13.2. The molecule has 0 radical (unpaired) electrons. The standard InChI is InChI=1S/C34H23N5O/c1-38-31-15-5-3-11-28(31)37-33(38)23-16-17-26-25-10-2-4-14-30(25)39(32(26)21-23)24-9-6-8-22(20-24)27-12-7-13-29(36-27)34-35-18-19-40-34/h2-21H,1H3. The lowest BCUT2D eigenvalue weighted by atomic mass is 10.1. The first kappa shape index (κ1) is 22.5.